The van der Waals surface area contributed by atoms with Crippen LogP contribution >= 0.6 is 11.6 Å². The summed E-state index contributed by atoms with van der Waals surface area (Å²) in [5, 5.41) is 46.4. The number of halogens is 1. The molecule has 58 heavy (non-hydrogen) atoms. The first-order valence-electron chi connectivity index (χ1n) is 19.1. The summed E-state index contributed by atoms with van der Waals surface area (Å²) in [6, 6.07) is 11.1. The minimum absolute atomic E-state index is 0.0960. The summed E-state index contributed by atoms with van der Waals surface area (Å²) in [6.45, 7) is 3.78. The number of alkyl carbamates (subject to hydrolysis) is 1. The predicted octanol–water partition coefficient (Wildman–Crippen LogP) is 3.70. The Morgan fingerprint density at radius 1 is 1.00 bits per heavy atom. The van der Waals surface area contributed by atoms with E-state index in [-0.39, 0.29) is 62.6 Å². The summed E-state index contributed by atoms with van der Waals surface area (Å²) >= 11 is 6.49. The van der Waals surface area contributed by atoms with Gasteiger partial charge in [-0.15, -0.1) is 11.6 Å². The van der Waals surface area contributed by atoms with Gasteiger partial charge in [0.25, 0.3) is 5.91 Å². The van der Waals surface area contributed by atoms with Gasteiger partial charge in [0.05, 0.1) is 43.7 Å². The molecule has 17 heteroatoms. The maximum Gasteiger partial charge on any atom is 0.407 e. The van der Waals surface area contributed by atoms with Crippen molar-refractivity contribution in [3.05, 3.63) is 70.4 Å². The number of aromatic amines is 1. The number of rotatable bonds is 19. The van der Waals surface area contributed by atoms with E-state index in [2.05, 4.69) is 15.6 Å². The number of hydrogen-bond donors (Lipinski definition) is 7. The number of nitrogens with zero attached hydrogens (tertiary/aromatic N) is 1. The van der Waals surface area contributed by atoms with Crippen LogP contribution in [0.1, 0.15) is 72.3 Å². The summed E-state index contributed by atoms with van der Waals surface area (Å²) in [6.07, 6.45) is -1.82. The number of carbonyl (C=O) groups is 4. The molecule has 0 saturated heterocycles. The maximum atomic E-state index is 14.3. The van der Waals surface area contributed by atoms with Crippen LogP contribution in [0, 0.1) is 5.92 Å². The van der Waals surface area contributed by atoms with E-state index < -0.39 is 61.4 Å². The van der Waals surface area contributed by atoms with Gasteiger partial charge in [-0.25, -0.2) is 9.59 Å². The van der Waals surface area contributed by atoms with E-state index >= 15 is 0 Å². The first-order chi connectivity index (χ1) is 27.9. The number of alkyl halides is 1. The van der Waals surface area contributed by atoms with Gasteiger partial charge >= 0.3 is 12.1 Å². The molecule has 2 unspecified atom stereocenters. The molecule has 3 aromatic carbocycles. The molecule has 0 spiro atoms. The van der Waals surface area contributed by atoms with E-state index in [1.165, 1.54) is 7.11 Å². The fraction of sp³-hybridized carbons (Fsp3) is 0.463. The van der Waals surface area contributed by atoms with Crippen molar-refractivity contribution in [2.75, 3.05) is 44.2 Å². The average molecular weight is 827 g/mol. The molecule has 0 saturated carbocycles. The number of aliphatic hydroxyl groups excluding tert-OH is 4. The number of methoxy groups -OCH3 is 1. The number of H-pyrrole nitrogens is 1. The minimum Gasteiger partial charge on any atom is -0.444 e. The van der Waals surface area contributed by atoms with Crippen LogP contribution in [0.2, 0.25) is 0 Å². The van der Waals surface area contributed by atoms with Crippen molar-refractivity contribution >= 4 is 62.8 Å². The van der Waals surface area contributed by atoms with Gasteiger partial charge in [0.15, 0.2) is 6.29 Å². The predicted molar refractivity (Wildman–Crippen MR) is 215 cm³/mol. The Morgan fingerprint density at radius 2 is 1.72 bits per heavy atom. The molecule has 1 aliphatic rings. The molecule has 0 radical (unpaired) electrons. The van der Waals surface area contributed by atoms with Crippen molar-refractivity contribution in [2.24, 2.45) is 5.92 Å². The third-order valence-corrected chi connectivity index (χ3v) is 10.6. The zero-order chi connectivity index (χ0) is 42.1. The highest BCUT2D eigenvalue weighted by molar-refractivity contribution is 6.19. The van der Waals surface area contributed by atoms with Crippen molar-refractivity contribution in [1.29, 1.82) is 0 Å². The summed E-state index contributed by atoms with van der Waals surface area (Å²) in [7, 11) is 1.38. The lowest BCUT2D eigenvalue weighted by Crippen LogP contribution is -2.47. The molecule has 7 N–H and O–H groups in total. The molecule has 0 aliphatic carbocycles. The van der Waals surface area contributed by atoms with Crippen LogP contribution in [0.15, 0.2) is 42.5 Å². The lowest BCUT2D eigenvalue weighted by atomic mass is 9.95. The molecule has 16 nitrogen and oxygen atoms in total. The number of fused-ring (bicyclic) bond motifs is 4. The summed E-state index contributed by atoms with van der Waals surface area (Å²) in [5.74, 6) is -1.98. The summed E-state index contributed by atoms with van der Waals surface area (Å²) in [5.41, 5.74) is 3.11. The Hall–Kier alpha value is -4.81. The average Bonchev–Trinajstić information content (AvgIpc) is 3.83. The number of amides is 3. The lowest BCUT2D eigenvalue weighted by Gasteiger charge is -2.23. The van der Waals surface area contributed by atoms with E-state index in [9.17, 15) is 39.6 Å². The second-order valence-corrected chi connectivity index (χ2v) is 14.5. The van der Waals surface area contributed by atoms with Gasteiger partial charge in [-0.1, -0.05) is 45.0 Å². The number of hydrogen-bond acceptors (Lipinski definition) is 12. The number of ether oxygens (including phenoxy) is 4. The molecule has 1 aliphatic heterocycles. The highest BCUT2D eigenvalue weighted by atomic mass is 35.5. The molecule has 3 amide bonds. The Balaban J connectivity index is 1.32. The van der Waals surface area contributed by atoms with Crippen LogP contribution in [0.4, 0.5) is 10.5 Å². The van der Waals surface area contributed by atoms with Crippen molar-refractivity contribution in [1.82, 2.24) is 15.6 Å². The number of benzene rings is 3. The van der Waals surface area contributed by atoms with Crippen LogP contribution in [-0.2, 0) is 43.6 Å². The number of aliphatic hydroxyl groups is 4. The normalized spacial score (nSPS) is 15.3. The van der Waals surface area contributed by atoms with Crippen LogP contribution in [-0.4, -0.2) is 107 Å². The third kappa shape index (κ3) is 9.72. The van der Waals surface area contributed by atoms with Crippen LogP contribution in [0.5, 0.6) is 5.75 Å². The quantitative estimate of drug-likeness (QED) is 0.0311. The van der Waals surface area contributed by atoms with E-state index in [0.717, 1.165) is 10.9 Å². The van der Waals surface area contributed by atoms with Gasteiger partial charge < -0.3 is 59.9 Å². The van der Waals surface area contributed by atoms with Gasteiger partial charge in [0.2, 0.25) is 5.91 Å². The van der Waals surface area contributed by atoms with Crippen LogP contribution in [0.25, 0.3) is 21.7 Å². The molecule has 0 fully saturated rings. The molecule has 4 aromatic rings. The van der Waals surface area contributed by atoms with Crippen LogP contribution in [0.3, 0.4) is 0 Å². The third-order valence-electron chi connectivity index (χ3n) is 10.2. The molecule has 1 aromatic heterocycles. The first kappa shape index (κ1) is 44.3. The Labute approximate surface area is 340 Å². The zero-order valence-electron chi connectivity index (χ0n) is 32.9. The Morgan fingerprint density at radius 3 is 2.34 bits per heavy atom. The van der Waals surface area contributed by atoms with E-state index in [1.54, 1.807) is 49.1 Å². The van der Waals surface area contributed by atoms with Crippen molar-refractivity contribution in [3.8, 4) is 5.75 Å². The smallest absolute Gasteiger partial charge is 0.407 e. The van der Waals surface area contributed by atoms with Gasteiger partial charge in [-0.2, -0.15) is 0 Å². The van der Waals surface area contributed by atoms with Crippen molar-refractivity contribution in [2.45, 2.75) is 77.8 Å². The second kappa shape index (κ2) is 20.2. The highest BCUT2D eigenvalue weighted by Gasteiger charge is 2.37. The van der Waals surface area contributed by atoms with Gasteiger partial charge in [0.1, 0.15) is 24.1 Å². The number of anilines is 1. The van der Waals surface area contributed by atoms with Crippen molar-refractivity contribution in [3.63, 3.8) is 0 Å². The van der Waals surface area contributed by atoms with E-state index in [1.807, 2.05) is 19.1 Å². The Kier molecular flexibility index (Phi) is 15.5. The molecule has 4 atom stereocenters. The zero-order valence-corrected chi connectivity index (χ0v) is 33.6. The molecular formula is C41H51ClN4O12. The van der Waals surface area contributed by atoms with E-state index in [4.69, 9.17) is 30.5 Å². The topological polar surface area (TPSA) is 229 Å². The van der Waals surface area contributed by atoms with Crippen LogP contribution < -0.4 is 20.3 Å². The molecular weight excluding hydrogens is 776 g/mol. The molecule has 0 bridgehead atoms. The molecule has 5 rings (SSSR count). The first-order valence-corrected chi connectivity index (χ1v) is 19.6. The summed E-state index contributed by atoms with van der Waals surface area (Å²) in [4.78, 5) is 58.0. The van der Waals surface area contributed by atoms with Gasteiger partial charge in [-0.3, -0.25) is 9.59 Å². The number of carbonyl (C=O) groups excluding carboxylic acids is 4. The lowest BCUT2D eigenvalue weighted by molar-refractivity contribution is -0.181. The fourth-order valence-corrected chi connectivity index (χ4v) is 7.33. The van der Waals surface area contributed by atoms with Gasteiger partial charge in [0, 0.05) is 60.8 Å². The fourth-order valence-electron chi connectivity index (χ4n) is 7.08. The number of nitrogens with one attached hydrogen (secondary N) is 3. The largest absolute Gasteiger partial charge is 0.444 e. The Bertz CT molecular complexity index is 2100. The molecule has 2 heterocycles. The SMILES string of the molecule is CCC(CO)OC(COC(=O)NCCC(=O)N[C@H](C(=O)Oc1cc2c(c3ccccc13)[C@H](CCl)CN2C(=O)c1cc2cc(CO)c(CO)c(CO)c2[nH]1)C(C)C)OC. The van der Waals surface area contributed by atoms with E-state index in [0.29, 0.717) is 45.1 Å². The molecule has 314 valence electrons. The minimum atomic E-state index is -1.07. The highest BCUT2D eigenvalue weighted by Crippen LogP contribution is 2.46. The monoisotopic (exact) mass is 826 g/mol. The number of aromatic nitrogens is 1. The maximum absolute atomic E-state index is 14.3. The van der Waals surface area contributed by atoms with Crippen molar-refractivity contribution < 1.29 is 58.6 Å². The second-order valence-electron chi connectivity index (χ2n) is 14.2. The van der Waals surface area contributed by atoms with Gasteiger partial charge in [-0.05, 0) is 46.5 Å². The standard InChI is InChI=1S/C41H51ClN4O12/c1-5-26(18-48)57-35(55-4)21-56-41(54)43-11-10-34(51)45-37(22(2)3)40(53)58-33-14-32-36(28-9-7-6-8-27(28)33)25(15-42)16-46(32)39(52)31-13-23-12-24(17-47)29(19-49)30(20-50)38(23)44-31/h6-9,12-14,22,25-26,35,37,44,47-50H,5,10-11,15-21H2,1-4H3,(H,43,54)(H,45,51)/t25-,26?,35?,37+/m1/s1. The summed E-state index contributed by atoms with van der Waals surface area (Å²) < 4.78 is 21.8. The number of esters is 1.